The van der Waals surface area contributed by atoms with Gasteiger partial charge in [0.2, 0.25) is 10.0 Å². The van der Waals surface area contributed by atoms with Crippen LogP contribution in [0.4, 0.5) is 10.1 Å². The summed E-state index contributed by atoms with van der Waals surface area (Å²) in [6.45, 7) is 7.56. The molecule has 1 saturated heterocycles. The standard InChI is InChI=1S/C13H19BFNO4S/c1-12(2)13(3,4)20-14(19-12)9-6-10(15)8-11(7-9)16-21(5,17)18/h6-8,16H,1-5H3. The minimum Gasteiger partial charge on any atom is -0.399 e. The molecule has 0 aliphatic carbocycles. The van der Waals surface area contributed by atoms with Gasteiger partial charge in [-0.15, -0.1) is 0 Å². The minimum absolute atomic E-state index is 0.141. The summed E-state index contributed by atoms with van der Waals surface area (Å²) in [5.74, 6) is -0.562. The molecule has 0 radical (unpaired) electrons. The van der Waals surface area contributed by atoms with Gasteiger partial charge in [-0.1, -0.05) is 0 Å². The average Bonchev–Trinajstić information content (AvgIpc) is 2.44. The van der Waals surface area contributed by atoms with Crippen molar-refractivity contribution in [2.75, 3.05) is 11.0 Å². The largest absolute Gasteiger partial charge is 0.495 e. The fourth-order valence-corrected chi connectivity index (χ4v) is 2.55. The van der Waals surface area contributed by atoms with Gasteiger partial charge in [0.1, 0.15) is 5.82 Å². The average molecular weight is 315 g/mol. The molecule has 1 heterocycles. The zero-order valence-electron chi connectivity index (χ0n) is 12.7. The molecule has 1 aliphatic rings. The molecule has 1 aromatic rings. The Bertz CT molecular complexity index is 644. The molecule has 0 atom stereocenters. The number of halogens is 1. The second-order valence-electron chi connectivity index (χ2n) is 6.24. The highest BCUT2D eigenvalue weighted by atomic mass is 32.2. The molecule has 21 heavy (non-hydrogen) atoms. The topological polar surface area (TPSA) is 64.6 Å². The predicted molar refractivity (Wildman–Crippen MR) is 80.6 cm³/mol. The third-order valence-corrected chi connectivity index (χ3v) is 4.36. The monoisotopic (exact) mass is 315 g/mol. The van der Waals surface area contributed by atoms with Gasteiger partial charge < -0.3 is 9.31 Å². The molecule has 116 valence electrons. The van der Waals surface area contributed by atoms with E-state index in [1.807, 2.05) is 27.7 Å². The Morgan fingerprint density at radius 2 is 1.62 bits per heavy atom. The van der Waals surface area contributed by atoms with Gasteiger partial charge in [0.25, 0.3) is 0 Å². The summed E-state index contributed by atoms with van der Waals surface area (Å²) in [6, 6.07) is 3.89. The van der Waals surface area contributed by atoms with Crippen molar-refractivity contribution >= 4 is 28.3 Å². The Balaban J connectivity index is 2.34. The van der Waals surface area contributed by atoms with E-state index in [0.29, 0.717) is 5.46 Å². The number of anilines is 1. The van der Waals surface area contributed by atoms with Crippen LogP contribution in [0.15, 0.2) is 18.2 Å². The zero-order chi connectivity index (χ0) is 16.1. The van der Waals surface area contributed by atoms with Crippen molar-refractivity contribution in [3.05, 3.63) is 24.0 Å². The highest BCUT2D eigenvalue weighted by molar-refractivity contribution is 7.92. The predicted octanol–water partition coefficient (Wildman–Crippen LogP) is 1.50. The molecule has 2 rings (SSSR count). The van der Waals surface area contributed by atoms with Gasteiger partial charge in [-0.25, -0.2) is 12.8 Å². The zero-order valence-corrected chi connectivity index (χ0v) is 13.5. The molecular formula is C13H19BFNO4S. The molecular weight excluding hydrogens is 296 g/mol. The second-order valence-corrected chi connectivity index (χ2v) is 7.98. The number of hydrogen-bond acceptors (Lipinski definition) is 4. The second kappa shape index (κ2) is 4.96. The molecule has 0 amide bonds. The summed E-state index contributed by atoms with van der Waals surface area (Å²) in [5.41, 5.74) is -0.523. The molecule has 0 saturated carbocycles. The first kappa shape index (κ1) is 16.3. The van der Waals surface area contributed by atoms with E-state index in [1.165, 1.54) is 12.1 Å². The lowest BCUT2D eigenvalue weighted by Gasteiger charge is -2.32. The Hall–Kier alpha value is -1.12. The Labute approximate surface area is 125 Å². The Kier molecular flexibility index (Phi) is 3.84. The van der Waals surface area contributed by atoms with Gasteiger partial charge in [-0.3, -0.25) is 4.72 Å². The Morgan fingerprint density at radius 3 is 2.10 bits per heavy atom. The third-order valence-electron chi connectivity index (χ3n) is 3.75. The SMILES string of the molecule is CC1(C)OB(c2cc(F)cc(NS(C)(=O)=O)c2)OC1(C)C. The van der Waals surface area contributed by atoms with Crippen LogP contribution in [0.25, 0.3) is 0 Å². The van der Waals surface area contributed by atoms with Crippen LogP contribution in [0.1, 0.15) is 27.7 Å². The van der Waals surface area contributed by atoms with Crippen molar-refractivity contribution < 1.29 is 22.1 Å². The maximum Gasteiger partial charge on any atom is 0.495 e. The van der Waals surface area contributed by atoms with Crippen LogP contribution in [-0.2, 0) is 19.3 Å². The smallest absolute Gasteiger partial charge is 0.399 e. The number of benzene rings is 1. The highest BCUT2D eigenvalue weighted by Crippen LogP contribution is 2.36. The number of sulfonamides is 1. The van der Waals surface area contributed by atoms with Crippen LogP contribution < -0.4 is 10.2 Å². The lowest BCUT2D eigenvalue weighted by Crippen LogP contribution is -2.41. The highest BCUT2D eigenvalue weighted by Gasteiger charge is 2.51. The first-order chi connectivity index (χ1) is 9.40. The molecule has 1 fully saturated rings. The summed E-state index contributed by atoms with van der Waals surface area (Å²) in [6.07, 6.45) is 1.01. The van der Waals surface area contributed by atoms with E-state index in [0.717, 1.165) is 12.3 Å². The number of nitrogens with one attached hydrogen (secondary N) is 1. The van der Waals surface area contributed by atoms with Crippen LogP contribution >= 0.6 is 0 Å². The van der Waals surface area contributed by atoms with E-state index in [9.17, 15) is 12.8 Å². The van der Waals surface area contributed by atoms with Crippen molar-refractivity contribution in [1.82, 2.24) is 0 Å². The van der Waals surface area contributed by atoms with Crippen LogP contribution in [0.5, 0.6) is 0 Å². The van der Waals surface area contributed by atoms with Gasteiger partial charge in [0.15, 0.2) is 0 Å². The maximum atomic E-state index is 13.7. The van der Waals surface area contributed by atoms with Gasteiger partial charge in [0.05, 0.1) is 23.1 Å². The summed E-state index contributed by atoms with van der Waals surface area (Å²) >= 11 is 0. The van der Waals surface area contributed by atoms with E-state index < -0.39 is 34.2 Å². The lowest BCUT2D eigenvalue weighted by molar-refractivity contribution is 0.00578. The van der Waals surface area contributed by atoms with E-state index in [-0.39, 0.29) is 5.69 Å². The lowest BCUT2D eigenvalue weighted by atomic mass is 9.79. The molecule has 1 aromatic carbocycles. The summed E-state index contributed by atoms with van der Waals surface area (Å²) in [7, 11) is -4.22. The summed E-state index contributed by atoms with van der Waals surface area (Å²) in [5, 5.41) is 0. The van der Waals surface area contributed by atoms with Gasteiger partial charge >= 0.3 is 7.12 Å². The van der Waals surface area contributed by atoms with Crippen LogP contribution in [0, 0.1) is 5.82 Å². The molecule has 8 heteroatoms. The maximum absolute atomic E-state index is 13.7. The minimum atomic E-state index is -3.48. The summed E-state index contributed by atoms with van der Waals surface area (Å²) in [4.78, 5) is 0. The molecule has 0 bridgehead atoms. The van der Waals surface area contributed by atoms with Gasteiger partial charge in [-0.2, -0.15) is 0 Å². The van der Waals surface area contributed by atoms with Gasteiger partial charge in [-0.05, 0) is 51.4 Å². The first-order valence-corrected chi connectivity index (χ1v) is 8.43. The molecule has 0 spiro atoms. The van der Waals surface area contributed by atoms with Crippen LogP contribution in [-0.4, -0.2) is 33.0 Å². The van der Waals surface area contributed by atoms with Crippen molar-refractivity contribution in [2.45, 2.75) is 38.9 Å². The molecule has 0 unspecified atom stereocenters. The van der Waals surface area contributed by atoms with E-state index >= 15 is 0 Å². The quantitative estimate of drug-likeness (QED) is 0.859. The van der Waals surface area contributed by atoms with E-state index in [4.69, 9.17) is 9.31 Å². The van der Waals surface area contributed by atoms with Crippen molar-refractivity contribution in [1.29, 1.82) is 0 Å². The van der Waals surface area contributed by atoms with E-state index in [1.54, 1.807) is 0 Å². The molecule has 1 aliphatic heterocycles. The number of rotatable bonds is 3. The van der Waals surface area contributed by atoms with Crippen molar-refractivity contribution in [3.63, 3.8) is 0 Å². The van der Waals surface area contributed by atoms with Crippen molar-refractivity contribution in [2.24, 2.45) is 0 Å². The van der Waals surface area contributed by atoms with Crippen LogP contribution in [0.2, 0.25) is 0 Å². The van der Waals surface area contributed by atoms with Crippen LogP contribution in [0.3, 0.4) is 0 Å². The third kappa shape index (κ3) is 3.56. The first-order valence-electron chi connectivity index (χ1n) is 6.54. The number of hydrogen-bond donors (Lipinski definition) is 1. The molecule has 0 aromatic heterocycles. The van der Waals surface area contributed by atoms with Crippen molar-refractivity contribution in [3.8, 4) is 0 Å². The Morgan fingerprint density at radius 1 is 1.10 bits per heavy atom. The fourth-order valence-electron chi connectivity index (χ4n) is 2.00. The van der Waals surface area contributed by atoms with Gasteiger partial charge in [0, 0.05) is 0 Å². The molecule has 1 N–H and O–H groups in total. The molecule has 5 nitrogen and oxygen atoms in total. The summed E-state index contributed by atoms with van der Waals surface area (Å²) < 4.78 is 50.1. The fraction of sp³-hybridized carbons (Fsp3) is 0.538. The van der Waals surface area contributed by atoms with E-state index in [2.05, 4.69) is 4.72 Å². The normalized spacial score (nSPS) is 20.6.